The summed E-state index contributed by atoms with van der Waals surface area (Å²) in [7, 11) is 0. The van der Waals surface area contributed by atoms with E-state index in [1.165, 1.54) is 16.8 Å². The van der Waals surface area contributed by atoms with Crippen LogP contribution in [0.5, 0.6) is 0 Å². The zero-order chi connectivity index (χ0) is 16.6. The first-order chi connectivity index (χ1) is 12.4. The van der Waals surface area contributed by atoms with Gasteiger partial charge in [0.05, 0.1) is 5.69 Å². The average Bonchev–Trinajstić information content (AvgIpc) is 3.23. The lowest BCUT2D eigenvalue weighted by Crippen LogP contribution is -2.19. The van der Waals surface area contributed by atoms with Crippen LogP contribution in [0.2, 0.25) is 0 Å². The highest BCUT2D eigenvalue weighted by Gasteiger charge is 2.23. The van der Waals surface area contributed by atoms with Crippen molar-refractivity contribution in [1.29, 1.82) is 0 Å². The molecule has 0 fully saturated rings. The number of aryl methyl sites for hydroxylation is 2. The molecule has 1 atom stereocenters. The third-order valence-corrected chi connectivity index (χ3v) is 5.50. The summed E-state index contributed by atoms with van der Waals surface area (Å²) in [5.74, 6) is 1.00. The van der Waals surface area contributed by atoms with Gasteiger partial charge >= 0.3 is 0 Å². The third-order valence-electron chi connectivity index (χ3n) is 5.50. The Hall–Kier alpha value is -2.40. The molecular formula is C20H23N5. The number of nitrogens with one attached hydrogen (secondary N) is 1. The van der Waals surface area contributed by atoms with Crippen LogP contribution < -0.4 is 5.32 Å². The third kappa shape index (κ3) is 2.68. The summed E-state index contributed by atoms with van der Waals surface area (Å²) in [6.45, 7) is 2.94. The predicted molar refractivity (Wildman–Crippen MR) is 97.3 cm³/mol. The molecule has 2 aromatic heterocycles. The number of benzene rings is 1. The van der Waals surface area contributed by atoms with Crippen molar-refractivity contribution in [3.05, 3.63) is 59.5 Å². The zero-order valence-corrected chi connectivity index (χ0v) is 14.4. The summed E-state index contributed by atoms with van der Waals surface area (Å²) in [5.41, 5.74) is 5.24. The fourth-order valence-electron chi connectivity index (χ4n) is 4.19. The second-order valence-electron chi connectivity index (χ2n) is 7.10. The van der Waals surface area contributed by atoms with E-state index < -0.39 is 0 Å². The Bertz CT molecular complexity index is 868. The van der Waals surface area contributed by atoms with Gasteiger partial charge in [-0.05, 0) is 49.4 Å². The number of hydrogen-bond acceptors (Lipinski definition) is 3. The van der Waals surface area contributed by atoms with E-state index in [1.807, 2.05) is 6.20 Å². The maximum absolute atomic E-state index is 4.85. The van der Waals surface area contributed by atoms with Gasteiger partial charge in [0.15, 0.2) is 5.82 Å². The zero-order valence-electron chi connectivity index (χ0n) is 14.4. The van der Waals surface area contributed by atoms with E-state index in [2.05, 4.69) is 56.1 Å². The van der Waals surface area contributed by atoms with Crippen molar-refractivity contribution in [3.8, 4) is 11.5 Å². The summed E-state index contributed by atoms with van der Waals surface area (Å²) >= 11 is 0. The molecule has 25 heavy (non-hydrogen) atoms. The maximum atomic E-state index is 4.85. The van der Waals surface area contributed by atoms with Crippen LogP contribution >= 0.6 is 0 Å². The van der Waals surface area contributed by atoms with Crippen molar-refractivity contribution < 1.29 is 0 Å². The molecule has 1 aliphatic heterocycles. The number of imidazole rings is 1. The Labute approximate surface area is 147 Å². The van der Waals surface area contributed by atoms with E-state index in [0.29, 0.717) is 6.04 Å². The van der Waals surface area contributed by atoms with Gasteiger partial charge in [-0.2, -0.15) is 5.10 Å². The molecule has 0 unspecified atom stereocenters. The first-order valence-electron chi connectivity index (χ1n) is 9.26. The summed E-state index contributed by atoms with van der Waals surface area (Å²) in [6, 6.07) is 11.5. The minimum Gasteiger partial charge on any atom is -0.326 e. The van der Waals surface area contributed by atoms with Crippen molar-refractivity contribution in [1.82, 2.24) is 24.6 Å². The molecule has 0 spiro atoms. The van der Waals surface area contributed by atoms with Gasteiger partial charge in [0.25, 0.3) is 0 Å². The lowest BCUT2D eigenvalue weighted by molar-refractivity contribution is 0.445. The Morgan fingerprint density at radius 1 is 1.16 bits per heavy atom. The fraction of sp³-hybridized carbons (Fsp3) is 0.400. The van der Waals surface area contributed by atoms with Crippen LogP contribution in [0.3, 0.4) is 0 Å². The van der Waals surface area contributed by atoms with Gasteiger partial charge in [0, 0.05) is 31.5 Å². The molecule has 0 bridgehead atoms. The molecule has 5 heteroatoms. The summed E-state index contributed by atoms with van der Waals surface area (Å²) in [4.78, 5) is 4.65. The molecule has 5 nitrogen and oxygen atoms in total. The number of aromatic nitrogens is 4. The molecule has 3 heterocycles. The number of rotatable bonds is 2. The lowest BCUT2D eigenvalue weighted by atomic mass is 9.88. The van der Waals surface area contributed by atoms with Crippen LogP contribution in [0.1, 0.15) is 35.7 Å². The van der Waals surface area contributed by atoms with Gasteiger partial charge < -0.3 is 9.88 Å². The summed E-state index contributed by atoms with van der Waals surface area (Å²) in [5, 5.41) is 8.31. The molecule has 2 aliphatic rings. The topological polar surface area (TPSA) is 47.7 Å². The molecule has 5 rings (SSSR count). The molecule has 1 N–H and O–H groups in total. The quantitative estimate of drug-likeness (QED) is 0.784. The standard InChI is InChI=1S/C20H23N5/c1-2-5-16-12-17(7-6-15(16)4-1)24-11-9-22-20(24)19-13-18-14-21-8-3-10-25(18)23-19/h1-2,4-5,9,11,13,17,21H,3,6-8,10,12,14H2/t17-/m0/s1. The highest BCUT2D eigenvalue weighted by molar-refractivity contribution is 5.51. The minimum atomic E-state index is 0.465. The van der Waals surface area contributed by atoms with E-state index >= 15 is 0 Å². The van der Waals surface area contributed by atoms with Crippen molar-refractivity contribution in [3.63, 3.8) is 0 Å². The van der Waals surface area contributed by atoms with E-state index in [1.54, 1.807) is 0 Å². The first kappa shape index (κ1) is 14.9. The second-order valence-corrected chi connectivity index (χ2v) is 7.10. The van der Waals surface area contributed by atoms with Crippen LogP contribution in [-0.2, 0) is 25.9 Å². The van der Waals surface area contributed by atoms with Crippen LogP contribution in [0.25, 0.3) is 11.5 Å². The van der Waals surface area contributed by atoms with Crippen LogP contribution in [0, 0.1) is 0 Å². The Balaban J connectivity index is 1.47. The fourth-order valence-corrected chi connectivity index (χ4v) is 4.19. The van der Waals surface area contributed by atoms with Gasteiger partial charge in [0.1, 0.15) is 5.69 Å². The number of hydrogen-bond donors (Lipinski definition) is 1. The van der Waals surface area contributed by atoms with Crippen LogP contribution in [0.4, 0.5) is 0 Å². The second kappa shape index (κ2) is 6.15. The van der Waals surface area contributed by atoms with Gasteiger partial charge in [-0.3, -0.25) is 4.68 Å². The molecule has 3 aromatic rings. The molecule has 0 amide bonds. The smallest absolute Gasteiger partial charge is 0.160 e. The van der Waals surface area contributed by atoms with Crippen LogP contribution in [0.15, 0.2) is 42.7 Å². The molecule has 0 radical (unpaired) electrons. The first-order valence-corrected chi connectivity index (χ1v) is 9.26. The van der Waals surface area contributed by atoms with Crippen molar-refractivity contribution in [2.24, 2.45) is 0 Å². The molecule has 128 valence electrons. The van der Waals surface area contributed by atoms with E-state index in [9.17, 15) is 0 Å². The number of fused-ring (bicyclic) bond motifs is 2. The SMILES string of the molecule is c1ccc2c(c1)CC[C@H](n1ccnc1-c1cc3n(n1)CCCNC3)C2. The largest absolute Gasteiger partial charge is 0.326 e. The molecular weight excluding hydrogens is 310 g/mol. The monoisotopic (exact) mass is 333 g/mol. The van der Waals surface area contributed by atoms with Gasteiger partial charge in [-0.1, -0.05) is 24.3 Å². The maximum Gasteiger partial charge on any atom is 0.160 e. The molecule has 0 saturated carbocycles. The normalized spacial score (nSPS) is 19.9. The molecule has 1 aromatic carbocycles. The van der Waals surface area contributed by atoms with Gasteiger partial charge in [-0.25, -0.2) is 4.98 Å². The van der Waals surface area contributed by atoms with Crippen molar-refractivity contribution in [2.45, 2.75) is 44.8 Å². The summed E-state index contributed by atoms with van der Waals surface area (Å²) in [6.07, 6.45) is 8.55. The molecule has 1 aliphatic carbocycles. The van der Waals surface area contributed by atoms with Gasteiger partial charge in [-0.15, -0.1) is 0 Å². The Kier molecular flexibility index (Phi) is 3.67. The number of nitrogens with zero attached hydrogens (tertiary/aromatic N) is 4. The van der Waals surface area contributed by atoms with Crippen LogP contribution in [-0.4, -0.2) is 25.9 Å². The highest BCUT2D eigenvalue weighted by Crippen LogP contribution is 2.32. The lowest BCUT2D eigenvalue weighted by Gasteiger charge is -2.26. The van der Waals surface area contributed by atoms with Crippen molar-refractivity contribution >= 4 is 0 Å². The molecule has 0 saturated heterocycles. The summed E-state index contributed by atoms with van der Waals surface area (Å²) < 4.78 is 4.48. The van der Waals surface area contributed by atoms with Crippen molar-refractivity contribution in [2.75, 3.05) is 6.54 Å². The van der Waals surface area contributed by atoms with E-state index in [0.717, 1.165) is 56.8 Å². The van der Waals surface area contributed by atoms with Gasteiger partial charge in [0.2, 0.25) is 0 Å². The Morgan fingerprint density at radius 2 is 2.08 bits per heavy atom. The predicted octanol–water partition coefficient (Wildman–Crippen LogP) is 2.97. The van der Waals surface area contributed by atoms with E-state index in [4.69, 9.17) is 5.10 Å². The minimum absolute atomic E-state index is 0.465. The van der Waals surface area contributed by atoms with E-state index in [-0.39, 0.29) is 0 Å². The highest BCUT2D eigenvalue weighted by atomic mass is 15.3. The average molecular weight is 333 g/mol. The Morgan fingerprint density at radius 3 is 3.04 bits per heavy atom.